The predicted octanol–water partition coefficient (Wildman–Crippen LogP) is -8.03. The van der Waals surface area contributed by atoms with Gasteiger partial charge in [-0.05, 0) is 131 Å². The summed E-state index contributed by atoms with van der Waals surface area (Å²) in [7, 11) is 0. The van der Waals surface area contributed by atoms with Crippen molar-refractivity contribution >= 4 is 48.1 Å². The molecule has 24 N–H and O–H groups in total. The molecule has 828 valence electrons. The van der Waals surface area contributed by atoms with Gasteiger partial charge in [0.15, 0.2) is 56.4 Å². The molecule has 14 fully saturated rings. The number of nitrogens with one attached hydrogen (secondary N) is 1. The maximum absolute atomic E-state index is 16.6. The summed E-state index contributed by atoms with van der Waals surface area (Å²) in [6.45, 7) is 14.7. The first-order chi connectivity index (χ1) is 68.5. The summed E-state index contributed by atoms with van der Waals surface area (Å²) in [6, 6.07) is 0. The number of nitrogens with zero attached hydrogens (tertiary/aromatic N) is 2. The maximum atomic E-state index is 16.6. The lowest BCUT2D eigenvalue weighted by Crippen LogP contribution is -2.69. The number of allylic oxidation sites excluding steroid dienone is 2. The summed E-state index contributed by atoms with van der Waals surface area (Å²) in [6.07, 6.45) is -70.5. The Morgan fingerprint density at radius 2 is 1.01 bits per heavy atom. The first kappa shape index (κ1) is 115. The van der Waals surface area contributed by atoms with Crippen molar-refractivity contribution in [3.05, 3.63) is 11.6 Å². The fourth-order valence-electron chi connectivity index (χ4n) is 25.3. The Labute approximate surface area is 839 Å². The van der Waals surface area contributed by atoms with Crippen LogP contribution >= 0.6 is 11.8 Å². The zero-order valence-electron chi connectivity index (χ0n) is 82.4. The van der Waals surface area contributed by atoms with E-state index in [9.17, 15) is 137 Å². The molecule has 10 heterocycles. The lowest BCUT2D eigenvalue weighted by molar-refractivity contribution is -0.410. The van der Waals surface area contributed by atoms with Crippen LogP contribution in [0.3, 0.4) is 0 Å². The third-order valence-corrected chi connectivity index (χ3v) is 35.3. The van der Waals surface area contributed by atoms with Gasteiger partial charge in [-0.15, -0.1) is 11.8 Å². The number of imide groups is 1. The van der Waals surface area contributed by atoms with Crippen LogP contribution in [-0.2, 0) is 114 Å². The number of hydrazone groups is 1. The number of hydrogen-bond acceptors (Lipinski definition) is 49. The predicted molar refractivity (Wildman–Crippen MR) is 482 cm³/mol. The number of unbranched alkanes of at least 4 members (excludes halogenated alkanes) is 2. The molecule has 3 amide bonds. The van der Waals surface area contributed by atoms with Crippen molar-refractivity contribution in [1.82, 2.24) is 10.3 Å². The number of ether oxygens (including phenoxy) is 19. The molecular weight excluding hydrogens is 1960 g/mol. The first-order valence-corrected chi connectivity index (χ1v) is 51.3. The molecule has 0 aromatic carbocycles. The van der Waals surface area contributed by atoms with Crippen LogP contribution < -0.4 is 5.43 Å². The Bertz CT molecular complexity index is 4410. The molecule has 0 radical (unpaired) electrons. The van der Waals surface area contributed by atoms with Gasteiger partial charge in [0.2, 0.25) is 30.3 Å². The van der Waals surface area contributed by atoms with Crippen molar-refractivity contribution in [3.8, 4) is 0 Å². The molecule has 15 aliphatic rings. The molecule has 50 nitrogen and oxygen atoms in total. The van der Waals surface area contributed by atoms with Gasteiger partial charge in [0, 0.05) is 42.7 Å². The smallest absolute Gasteiger partial charge is 0.317 e. The molecule has 145 heavy (non-hydrogen) atoms. The number of carbonyl (C=O) groups excluding carboxylic acids is 5. The van der Waals surface area contributed by atoms with Gasteiger partial charge in [-0.1, -0.05) is 66.5 Å². The number of aliphatic hydroxyl groups excluding tert-OH is 23. The molecule has 10 aliphatic heterocycles. The van der Waals surface area contributed by atoms with Crippen LogP contribution in [-0.4, -0.2) is 480 Å². The topological polar surface area (TPSA) is 754 Å². The van der Waals surface area contributed by atoms with Gasteiger partial charge < -0.3 is 207 Å². The van der Waals surface area contributed by atoms with Gasteiger partial charge >= 0.3 is 5.97 Å². The van der Waals surface area contributed by atoms with E-state index in [0.29, 0.717) is 51.4 Å². The van der Waals surface area contributed by atoms with Gasteiger partial charge in [0.25, 0.3) is 6.47 Å². The number of fused-ring (bicyclic) bond motifs is 7. The van der Waals surface area contributed by atoms with Gasteiger partial charge in [-0.25, -0.2) is 5.43 Å². The monoisotopic (exact) mass is 2100 g/mol. The van der Waals surface area contributed by atoms with E-state index in [-0.39, 0.29) is 81.6 Å². The fourth-order valence-corrected chi connectivity index (χ4v) is 26.2. The largest absolute Gasteiger partial charge is 0.435 e. The molecular formula is C94H149N3O47S. The average Bonchev–Trinajstić information content (AvgIpc) is 0.921. The molecule has 0 aromatic heterocycles. The van der Waals surface area contributed by atoms with Crippen molar-refractivity contribution in [2.24, 2.45) is 61.3 Å². The van der Waals surface area contributed by atoms with E-state index in [0.717, 1.165) is 5.57 Å². The molecule has 5 aliphatic carbocycles. The maximum Gasteiger partial charge on any atom is 0.317 e. The number of amides is 3. The summed E-state index contributed by atoms with van der Waals surface area (Å²) in [5.41, 5.74) is -2.84. The zero-order valence-corrected chi connectivity index (χ0v) is 83.2. The number of esters is 1. The van der Waals surface area contributed by atoms with Crippen LogP contribution in [0.5, 0.6) is 0 Å². The van der Waals surface area contributed by atoms with E-state index in [2.05, 4.69) is 37.4 Å². The second kappa shape index (κ2) is 46.4. The van der Waals surface area contributed by atoms with Crippen LogP contribution in [0, 0.1) is 56.2 Å². The van der Waals surface area contributed by atoms with Crippen LogP contribution in [0.4, 0.5) is 0 Å². The summed E-state index contributed by atoms with van der Waals surface area (Å²) in [5, 5.41) is 262. The average molecular weight is 2110 g/mol. The number of hydrogen-bond donors (Lipinski definition) is 24. The standard InChI is InChI=1S/C94H149N3O47S/c1-36-37(2)130-85(67(121)70(36)136-78-61(115)54(108)42(102)31-126-78)138-72-39(4)132-86(75(66(72)120)141-82-65(119)60(114)71(38(3)131-82)137-80-68(122)73(44(104)33-128-80)139-83-63(117)58(112)56(110)45(29-99)133-83)144-88(125)94-22-21-89(5,6)27-41(94)40-15-16-49-90(7)19-18-51(135-87-76(142-84-64(118)59(113)57(111)46(30-100)134-84)74(69(123)81(143-87)129-35-101)140-79-62(116)55(109)43(103)32-127-79)91(8,48(90)17-20-92(49,9)93(40,10)28-50(94)105)34-95-96-52(106)14-12-11-13-23-97-53(107)26-47(77(97)124)145-25-24-98/h15,34-39,41-51,54-76,78-87,98-100,102-105,108-123H,11-14,16-33H2,1-10H3,(H,96,106)/b95-34+/t36?,37?,38?,39?,41?,42?,43?,44?,45?,46?,47-,48?,49?,50+,51-,54?,55?,56?,57?,58?,59?,60?,61?,62?,63?,64?,65?,66?,67?,68?,69?,70?,71?,72?,73?,74?,75?,76?,78?,79?,80?,81?,82?,83?,84?,85?,86?,87?,90-,91-,92+,93+,94+/m0/s1. The van der Waals surface area contributed by atoms with Gasteiger partial charge in [0.05, 0.1) is 81.5 Å². The number of likely N-dealkylation sites (tertiary alicyclic amines) is 1. The minimum Gasteiger partial charge on any atom is -0.435 e. The van der Waals surface area contributed by atoms with Crippen LogP contribution in [0.2, 0.25) is 0 Å². The van der Waals surface area contributed by atoms with Crippen molar-refractivity contribution in [2.75, 3.05) is 51.9 Å². The van der Waals surface area contributed by atoms with Crippen molar-refractivity contribution < 1.29 is 231 Å². The lowest BCUT2D eigenvalue weighted by Gasteiger charge is -2.71. The summed E-state index contributed by atoms with van der Waals surface area (Å²) in [5.74, 6) is -4.35. The highest BCUT2D eigenvalue weighted by Crippen LogP contribution is 2.76. The minimum atomic E-state index is -2.21. The van der Waals surface area contributed by atoms with E-state index in [1.54, 1.807) is 20.1 Å². The lowest BCUT2D eigenvalue weighted by atomic mass is 9.33. The van der Waals surface area contributed by atoms with Crippen LogP contribution in [0.1, 0.15) is 159 Å². The van der Waals surface area contributed by atoms with Crippen LogP contribution in [0.25, 0.3) is 0 Å². The molecule has 0 aromatic rings. The highest BCUT2D eigenvalue weighted by molar-refractivity contribution is 8.00. The summed E-state index contributed by atoms with van der Waals surface area (Å²) in [4.78, 5) is 70.4. The van der Waals surface area contributed by atoms with E-state index in [1.165, 1.54) is 30.5 Å². The van der Waals surface area contributed by atoms with Crippen LogP contribution in [0.15, 0.2) is 16.8 Å². The number of aliphatic hydroxyl groups is 23. The first-order valence-electron chi connectivity index (χ1n) is 50.2. The van der Waals surface area contributed by atoms with E-state index in [4.69, 9.17) is 90.0 Å². The SMILES string of the molecule is CC1OC(OC2C(C)OC(OC(=O)[C@]34CCC(C)(C)CC3C3=CCC5[C@@]6(C)CC[C@H](OC7OC(OC=O)C(O)C(OC8OCC(O)C(O)C8O)C7OC7OC(CO)C(O)C(O)C7O)[C@@](C)(/C=N/NC(=O)CCCCCN7C(=O)C[C@H](SCCO)C7=O)C6CC[C@@]5(C)[C@]3(C)C[C@H]4O)C(OC3OC(C)C(OC4OCC(O)C(OC5OC(CO)C(O)C(O)C5O)C4O)C(O)C3O)C2O)C(O)C(OC2OCC(O)C(O)C2O)C1C. The Hall–Kier alpha value is -4.29. The number of thioether (sulfide) groups is 1. The van der Waals surface area contributed by atoms with Gasteiger partial charge in [-0.2, -0.15) is 5.10 Å². The Balaban J connectivity index is 0.724. The number of carbonyl (C=O) groups is 5. The Morgan fingerprint density at radius 3 is 1.62 bits per heavy atom. The summed E-state index contributed by atoms with van der Waals surface area (Å²) >= 11 is 1.20. The van der Waals surface area contributed by atoms with Crippen molar-refractivity contribution in [2.45, 2.75) is 429 Å². The quantitative estimate of drug-likeness (QED) is 0.00424. The third kappa shape index (κ3) is 22.2. The molecule has 0 bridgehead atoms. The molecule has 4 saturated carbocycles. The van der Waals surface area contributed by atoms with E-state index < -0.39 is 365 Å². The van der Waals surface area contributed by atoms with E-state index >= 15 is 4.79 Å². The second-order valence-corrected chi connectivity index (χ2v) is 44.9. The number of rotatable bonds is 33. The van der Waals surface area contributed by atoms with E-state index in [1.807, 2.05) is 20.8 Å². The molecule has 51 heteroatoms. The fraction of sp³-hybridized carbons (Fsp3) is 0.915. The van der Waals surface area contributed by atoms with Gasteiger partial charge in [-0.3, -0.25) is 28.9 Å². The minimum absolute atomic E-state index is 0.00287. The highest BCUT2D eigenvalue weighted by atomic mass is 32.2. The third-order valence-electron chi connectivity index (χ3n) is 34.2. The second-order valence-electron chi connectivity index (χ2n) is 43.6. The molecule has 53 atom stereocenters. The summed E-state index contributed by atoms with van der Waals surface area (Å²) < 4.78 is 117. The highest BCUT2D eigenvalue weighted by Gasteiger charge is 2.74. The molecule has 10 saturated heterocycles. The Morgan fingerprint density at radius 1 is 0.490 bits per heavy atom. The van der Waals surface area contributed by atoms with Gasteiger partial charge in [0.1, 0.15) is 164 Å². The van der Waals surface area contributed by atoms with Crippen molar-refractivity contribution in [1.29, 1.82) is 0 Å². The van der Waals surface area contributed by atoms with Crippen molar-refractivity contribution in [3.63, 3.8) is 0 Å². The molecule has 15 rings (SSSR count). The normalized spacial score (nSPS) is 50.7. The molecule has 45 unspecified atom stereocenters. The zero-order chi connectivity index (χ0) is 105. The Kier molecular flexibility index (Phi) is 36.7. The molecule has 0 spiro atoms.